The number of carboxylic acids is 1. The van der Waals surface area contributed by atoms with Gasteiger partial charge in [0.15, 0.2) is 0 Å². The fourth-order valence-corrected chi connectivity index (χ4v) is 2.30. The van der Waals surface area contributed by atoms with Gasteiger partial charge in [-0.1, -0.05) is 12.1 Å². The summed E-state index contributed by atoms with van der Waals surface area (Å²) in [6.07, 6.45) is 1.23. The third-order valence-electron chi connectivity index (χ3n) is 2.25. The third kappa shape index (κ3) is 2.07. The van der Waals surface area contributed by atoms with Gasteiger partial charge in [-0.05, 0) is 41.0 Å². The summed E-state index contributed by atoms with van der Waals surface area (Å²) >= 11 is 1.66. The molecule has 0 aliphatic heterocycles. The highest BCUT2D eigenvalue weighted by molar-refractivity contribution is 7.17. The summed E-state index contributed by atoms with van der Waals surface area (Å²) in [6.45, 7) is 1.81. The molecule has 0 fully saturated rings. The van der Waals surface area contributed by atoms with E-state index in [1.807, 2.05) is 30.5 Å². The highest BCUT2D eigenvalue weighted by Gasteiger charge is 2.01. The van der Waals surface area contributed by atoms with Crippen molar-refractivity contribution in [1.82, 2.24) is 0 Å². The van der Waals surface area contributed by atoms with E-state index in [1.54, 1.807) is 11.3 Å². The van der Waals surface area contributed by atoms with Crippen LogP contribution in [0.25, 0.3) is 15.7 Å². The number of benzene rings is 1. The topological polar surface area (TPSA) is 37.3 Å². The Hall–Kier alpha value is -1.61. The van der Waals surface area contributed by atoms with Gasteiger partial charge in [0.2, 0.25) is 0 Å². The molecule has 0 spiro atoms. The van der Waals surface area contributed by atoms with Crippen LogP contribution in [-0.2, 0) is 4.79 Å². The van der Waals surface area contributed by atoms with Crippen molar-refractivity contribution in [2.75, 3.05) is 0 Å². The van der Waals surface area contributed by atoms with Crippen LogP contribution >= 0.6 is 11.3 Å². The number of thiophene rings is 1. The molecule has 76 valence electrons. The number of carbonyl (C=O) groups is 1. The average Bonchev–Trinajstić information content (AvgIpc) is 2.62. The number of fused-ring (bicyclic) bond motifs is 1. The number of carboxylic acid groups (broad SMARTS) is 1. The molecule has 2 rings (SSSR count). The van der Waals surface area contributed by atoms with Gasteiger partial charge in [-0.15, -0.1) is 11.3 Å². The highest BCUT2D eigenvalue weighted by Crippen LogP contribution is 2.25. The molecule has 0 aliphatic carbocycles. The molecule has 1 heterocycles. The van der Waals surface area contributed by atoms with E-state index in [1.165, 1.54) is 16.2 Å². The zero-order chi connectivity index (χ0) is 10.8. The van der Waals surface area contributed by atoms with E-state index in [0.29, 0.717) is 0 Å². The first kappa shape index (κ1) is 9.93. The predicted molar refractivity (Wildman–Crippen MR) is 63.1 cm³/mol. The second-order valence-corrected chi connectivity index (χ2v) is 4.29. The number of aliphatic carboxylic acids is 1. The summed E-state index contributed by atoms with van der Waals surface area (Å²) in [4.78, 5) is 10.5. The predicted octanol–water partition coefficient (Wildman–Crippen LogP) is 3.39. The maximum Gasteiger partial charge on any atom is 0.328 e. The van der Waals surface area contributed by atoms with Crippen molar-refractivity contribution in [1.29, 1.82) is 0 Å². The van der Waals surface area contributed by atoms with E-state index in [2.05, 4.69) is 6.07 Å². The van der Waals surface area contributed by atoms with E-state index < -0.39 is 5.97 Å². The Morgan fingerprint density at radius 3 is 2.93 bits per heavy atom. The molecular formula is C12H10O2S. The molecule has 0 radical (unpaired) electrons. The van der Waals surface area contributed by atoms with E-state index in [9.17, 15) is 4.79 Å². The molecule has 1 aromatic heterocycles. The molecule has 0 amide bonds. The lowest BCUT2D eigenvalue weighted by Crippen LogP contribution is -1.89. The zero-order valence-corrected chi connectivity index (χ0v) is 9.04. The van der Waals surface area contributed by atoms with E-state index >= 15 is 0 Å². The van der Waals surface area contributed by atoms with Crippen molar-refractivity contribution in [2.24, 2.45) is 0 Å². The van der Waals surface area contributed by atoms with Crippen LogP contribution in [0.3, 0.4) is 0 Å². The van der Waals surface area contributed by atoms with Crippen molar-refractivity contribution < 1.29 is 9.90 Å². The fourth-order valence-electron chi connectivity index (χ4n) is 1.47. The standard InChI is InChI=1S/C12H10O2S/c1-8(6-12(13)14)10-3-2-9-4-5-15-11(9)7-10/h2-7H,1H3,(H,13,14). The lowest BCUT2D eigenvalue weighted by molar-refractivity contribution is -0.131. The van der Waals surface area contributed by atoms with E-state index in [4.69, 9.17) is 5.11 Å². The molecule has 0 aliphatic rings. The maximum atomic E-state index is 10.5. The van der Waals surface area contributed by atoms with Crippen molar-refractivity contribution >= 4 is 33.0 Å². The first-order valence-electron chi connectivity index (χ1n) is 4.55. The molecule has 2 aromatic rings. The van der Waals surface area contributed by atoms with Gasteiger partial charge in [0, 0.05) is 10.8 Å². The second-order valence-electron chi connectivity index (χ2n) is 3.34. The van der Waals surface area contributed by atoms with E-state index in [0.717, 1.165) is 11.1 Å². The fraction of sp³-hybridized carbons (Fsp3) is 0.0833. The van der Waals surface area contributed by atoms with Crippen molar-refractivity contribution in [2.45, 2.75) is 6.92 Å². The summed E-state index contributed by atoms with van der Waals surface area (Å²) in [5, 5.41) is 11.9. The number of rotatable bonds is 2. The van der Waals surface area contributed by atoms with Crippen LogP contribution in [0.5, 0.6) is 0 Å². The number of allylic oxidation sites excluding steroid dienone is 1. The van der Waals surface area contributed by atoms with Gasteiger partial charge in [0.25, 0.3) is 0 Å². The normalized spacial score (nSPS) is 11.9. The summed E-state index contributed by atoms with van der Waals surface area (Å²) in [7, 11) is 0. The second kappa shape index (κ2) is 3.87. The SMILES string of the molecule is CC(=CC(=O)O)c1ccc2ccsc2c1. The summed E-state index contributed by atoms with van der Waals surface area (Å²) < 4.78 is 1.19. The minimum atomic E-state index is -0.904. The van der Waals surface area contributed by atoms with Crippen LogP contribution < -0.4 is 0 Å². The maximum absolute atomic E-state index is 10.5. The third-order valence-corrected chi connectivity index (χ3v) is 3.13. The molecule has 15 heavy (non-hydrogen) atoms. The minimum absolute atomic E-state index is 0.776. The van der Waals surface area contributed by atoms with Crippen LogP contribution in [0.1, 0.15) is 12.5 Å². The molecule has 0 unspecified atom stereocenters. The smallest absolute Gasteiger partial charge is 0.328 e. The monoisotopic (exact) mass is 218 g/mol. The van der Waals surface area contributed by atoms with E-state index in [-0.39, 0.29) is 0 Å². The van der Waals surface area contributed by atoms with Gasteiger partial charge in [-0.2, -0.15) is 0 Å². The largest absolute Gasteiger partial charge is 0.478 e. The van der Waals surface area contributed by atoms with Gasteiger partial charge in [0.1, 0.15) is 0 Å². The van der Waals surface area contributed by atoms with Gasteiger partial charge < -0.3 is 5.11 Å². The summed E-state index contributed by atoms with van der Waals surface area (Å²) in [5.74, 6) is -0.904. The molecule has 0 saturated heterocycles. The summed E-state index contributed by atoms with van der Waals surface area (Å²) in [5.41, 5.74) is 1.74. The van der Waals surface area contributed by atoms with Crippen LogP contribution in [0.15, 0.2) is 35.7 Å². The average molecular weight is 218 g/mol. The molecule has 2 nitrogen and oxygen atoms in total. The van der Waals surface area contributed by atoms with Crippen LogP contribution in [0, 0.1) is 0 Å². The Bertz CT molecular complexity index is 537. The first-order chi connectivity index (χ1) is 7.16. The lowest BCUT2D eigenvalue weighted by atomic mass is 10.1. The Morgan fingerprint density at radius 1 is 1.40 bits per heavy atom. The Morgan fingerprint density at radius 2 is 2.20 bits per heavy atom. The zero-order valence-electron chi connectivity index (χ0n) is 8.23. The Kier molecular flexibility index (Phi) is 2.56. The molecule has 0 atom stereocenters. The van der Waals surface area contributed by atoms with Gasteiger partial charge in [-0.25, -0.2) is 4.79 Å². The first-order valence-corrected chi connectivity index (χ1v) is 5.43. The molecule has 1 N–H and O–H groups in total. The minimum Gasteiger partial charge on any atom is -0.478 e. The molecular weight excluding hydrogens is 208 g/mol. The Balaban J connectivity index is 2.48. The highest BCUT2D eigenvalue weighted by atomic mass is 32.1. The van der Waals surface area contributed by atoms with Crippen molar-refractivity contribution in [3.63, 3.8) is 0 Å². The lowest BCUT2D eigenvalue weighted by Gasteiger charge is -2.00. The molecule has 3 heteroatoms. The molecule has 0 bridgehead atoms. The van der Waals surface area contributed by atoms with Gasteiger partial charge in [0.05, 0.1) is 0 Å². The van der Waals surface area contributed by atoms with Crippen LogP contribution in [0.2, 0.25) is 0 Å². The number of hydrogen-bond donors (Lipinski definition) is 1. The van der Waals surface area contributed by atoms with Gasteiger partial charge >= 0.3 is 5.97 Å². The molecule has 1 aromatic carbocycles. The molecule has 0 saturated carbocycles. The Labute approximate surface area is 91.5 Å². The van der Waals surface area contributed by atoms with Crippen LogP contribution in [0.4, 0.5) is 0 Å². The quantitative estimate of drug-likeness (QED) is 0.784. The van der Waals surface area contributed by atoms with Crippen molar-refractivity contribution in [3.8, 4) is 0 Å². The number of hydrogen-bond acceptors (Lipinski definition) is 2. The van der Waals surface area contributed by atoms with Crippen LogP contribution in [-0.4, -0.2) is 11.1 Å². The van der Waals surface area contributed by atoms with Crippen molar-refractivity contribution in [3.05, 3.63) is 41.3 Å². The van der Waals surface area contributed by atoms with Gasteiger partial charge in [-0.3, -0.25) is 0 Å². The summed E-state index contributed by atoms with van der Waals surface area (Å²) in [6, 6.07) is 8.04.